The number of hydrogen-bond donors (Lipinski definition) is 1. The van der Waals surface area contributed by atoms with Crippen LogP contribution in [0.25, 0.3) is 0 Å². The third kappa shape index (κ3) is 5.42. The Balaban J connectivity index is 1.58. The van der Waals surface area contributed by atoms with Crippen LogP contribution in [0.15, 0.2) is 42.5 Å². The summed E-state index contributed by atoms with van der Waals surface area (Å²) in [5.74, 6) is 1.10. The molecule has 1 aliphatic heterocycles. The Morgan fingerprint density at radius 3 is 2.28 bits per heavy atom. The number of nitrogens with one attached hydrogen (secondary N) is 1. The van der Waals surface area contributed by atoms with Crippen molar-refractivity contribution < 1.29 is 8.42 Å². The summed E-state index contributed by atoms with van der Waals surface area (Å²) >= 11 is 0. The minimum Gasteiger partial charge on any atom is -0.355 e. The topological polar surface area (TPSA) is 75.2 Å². The van der Waals surface area contributed by atoms with Crippen LogP contribution in [-0.4, -0.2) is 37.5 Å². The van der Waals surface area contributed by atoms with Crippen LogP contribution in [-0.2, 0) is 16.4 Å². The maximum atomic E-state index is 12.2. The fourth-order valence-corrected chi connectivity index (χ4v) is 3.99. The highest BCUT2D eigenvalue weighted by atomic mass is 32.2. The van der Waals surface area contributed by atoms with Gasteiger partial charge in [-0.25, -0.2) is 8.42 Å². The first-order valence-electron chi connectivity index (χ1n) is 8.75. The van der Waals surface area contributed by atoms with Crippen LogP contribution in [0.3, 0.4) is 0 Å². The van der Waals surface area contributed by atoms with Crippen molar-refractivity contribution in [2.24, 2.45) is 0 Å². The Bertz CT molecular complexity index is 755. The lowest BCUT2D eigenvalue weighted by molar-refractivity contribution is 0.600. The number of aromatic nitrogens is 2. The van der Waals surface area contributed by atoms with Crippen LogP contribution in [0, 0.1) is 0 Å². The molecule has 1 saturated heterocycles. The van der Waals surface area contributed by atoms with Gasteiger partial charge in [-0.1, -0.05) is 43.2 Å². The van der Waals surface area contributed by atoms with Crippen LogP contribution >= 0.6 is 0 Å². The van der Waals surface area contributed by atoms with Gasteiger partial charge in [0.15, 0.2) is 11.6 Å². The summed E-state index contributed by atoms with van der Waals surface area (Å²) in [4.78, 5) is 2.22. The van der Waals surface area contributed by atoms with Gasteiger partial charge in [0.2, 0.25) is 10.0 Å². The van der Waals surface area contributed by atoms with Gasteiger partial charge in [0.05, 0.1) is 5.75 Å². The number of anilines is 2. The average Bonchev–Trinajstić information content (AvgIpc) is 2.91. The SMILES string of the molecule is O=S(=O)(CCc1ccccc1)Nc1ccc(N2CCCCCC2)nn1. The largest absolute Gasteiger partial charge is 0.355 e. The van der Waals surface area contributed by atoms with Gasteiger partial charge in [0, 0.05) is 13.1 Å². The predicted octanol–water partition coefficient (Wildman–Crippen LogP) is 2.84. The molecule has 1 aliphatic rings. The Hall–Kier alpha value is -2.15. The summed E-state index contributed by atoms with van der Waals surface area (Å²) in [6, 6.07) is 13.1. The highest BCUT2D eigenvalue weighted by molar-refractivity contribution is 7.92. The molecule has 0 radical (unpaired) electrons. The third-order valence-corrected chi connectivity index (χ3v) is 5.60. The Kier molecular flexibility index (Phi) is 5.86. The van der Waals surface area contributed by atoms with Crippen LogP contribution in [0.5, 0.6) is 0 Å². The van der Waals surface area contributed by atoms with Gasteiger partial charge in [0.25, 0.3) is 0 Å². The molecular weight excluding hydrogens is 336 g/mol. The van der Waals surface area contributed by atoms with Crippen molar-refractivity contribution in [3.05, 3.63) is 48.0 Å². The van der Waals surface area contributed by atoms with Crippen LogP contribution in [0.2, 0.25) is 0 Å². The van der Waals surface area contributed by atoms with E-state index in [0.29, 0.717) is 6.42 Å². The first kappa shape index (κ1) is 17.7. The Morgan fingerprint density at radius 1 is 0.920 bits per heavy atom. The number of nitrogens with zero attached hydrogens (tertiary/aromatic N) is 3. The van der Waals surface area contributed by atoms with Gasteiger partial charge in [-0.15, -0.1) is 10.2 Å². The third-order valence-electron chi connectivity index (χ3n) is 4.34. The lowest BCUT2D eigenvalue weighted by Gasteiger charge is -2.20. The molecule has 1 N–H and O–H groups in total. The zero-order chi connectivity index (χ0) is 17.5. The normalized spacial score (nSPS) is 15.6. The molecule has 6 nitrogen and oxygen atoms in total. The lowest BCUT2D eigenvalue weighted by atomic mass is 10.2. The molecule has 0 aliphatic carbocycles. The van der Waals surface area contributed by atoms with Crippen molar-refractivity contribution in [1.29, 1.82) is 0 Å². The molecule has 2 heterocycles. The Labute approximate surface area is 149 Å². The fraction of sp³-hybridized carbons (Fsp3) is 0.444. The molecule has 2 aromatic rings. The zero-order valence-electron chi connectivity index (χ0n) is 14.3. The zero-order valence-corrected chi connectivity index (χ0v) is 15.1. The molecular formula is C18H24N4O2S. The maximum Gasteiger partial charge on any atom is 0.234 e. The summed E-state index contributed by atoms with van der Waals surface area (Å²) < 4.78 is 26.9. The van der Waals surface area contributed by atoms with Crippen molar-refractivity contribution in [3.63, 3.8) is 0 Å². The minimum absolute atomic E-state index is 0.0204. The Morgan fingerprint density at radius 2 is 1.64 bits per heavy atom. The predicted molar refractivity (Wildman–Crippen MR) is 100 cm³/mol. The van der Waals surface area contributed by atoms with Crippen molar-refractivity contribution in [1.82, 2.24) is 10.2 Å². The van der Waals surface area contributed by atoms with E-state index in [1.54, 1.807) is 6.07 Å². The van der Waals surface area contributed by atoms with E-state index in [9.17, 15) is 8.42 Å². The molecule has 0 bridgehead atoms. The standard InChI is InChI=1S/C18H24N4O2S/c23-25(24,15-12-16-8-4-3-5-9-16)21-17-10-11-18(20-19-17)22-13-6-1-2-7-14-22/h3-5,8-11H,1-2,6-7,12-15H2,(H,19,21). The fourth-order valence-electron chi connectivity index (χ4n) is 2.96. The van der Waals surface area contributed by atoms with Gasteiger partial charge >= 0.3 is 0 Å². The van der Waals surface area contributed by atoms with Crippen LogP contribution in [0.1, 0.15) is 31.2 Å². The van der Waals surface area contributed by atoms with Gasteiger partial charge in [-0.3, -0.25) is 4.72 Å². The van der Waals surface area contributed by atoms with E-state index in [0.717, 1.165) is 37.3 Å². The van der Waals surface area contributed by atoms with E-state index in [1.165, 1.54) is 12.8 Å². The summed E-state index contributed by atoms with van der Waals surface area (Å²) in [5, 5.41) is 8.24. The second-order valence-electron chi connectivity index (χ2n) is 6.33. The monoisotopic (exact) mass is 360 g/mol. The van der Waals surface area contributed by atoms with E-state index < -0.39 is 10.0 Å². The van der Waals surface area contributed by atoms with Crippen LogP contribution < -0.4 is 9.62 Å². The molecule has 0 atom stereocenters. The first-order valence-corrected chi connectivity index (χ1v) is 10.4. The molecule has 134 valence electrons. The molecule has 0 spiro atoms. The smallest absolute Gasteiger partial charge is 0.234 e. The van der Waals surface area contributed by atoms with Gasteiger partial charge in [-0.2, -0.15) is 0 Å². The molecule has 25 heavy (non-hydrogen) atoms. The summed E-state index contributed by atoms with van der Waals surface area (Å²) in [6.45, 7) is 1.97. The van der Waals surface area contributed by atoms with Gasteiger partial charge < -0.3 is 4.90 Å². The van der Waals surface area contributed by atoms with Gasteiger partial charge in [0.1, 0.15) is 0 Å². The van der Waals surface area contributed by atoms with Gasteiger partial charge in [-0.05, 0) is 37.0 Å². The highest BCUT2D eigenvalue weighted by Crippen LogP contribution is 2.18. The second-order valence-corrected chi connectivity index (χ2v) is 8.18. The maximum absolute atomic E-state index is 12.2. The van der Waals surface area contributed by atoms with E-state index in [2.05, 4.69) is 19.8 Å². The van der Waals surface area contributed by atoms with Crippen molar-refractivity contribution in [2.75, 3.05) is 28.5 Å². The van der Waals surface area contributed by atoms with Crippen LogP contribution in [0.4, 0.5) is 11.6 Å². The number of rotatable bonds is 6. The van der Waals surface area contributed by atoms with E-state index in [1.807, 2.05) is 36.4 Å². The minimum atomic E-state index is -3.44. The molecule has 1 aromatic carbocycles. The number of benzene rings is 1. The molecule has 0 saturated carbocycles. The number of sulfonamides is 1. The quantitative estimate of drug-likeness (QED) is 0.857. The van der Waals surface area contributed by atoms with E-state index in [4.69, 9.17) is 0 Å². The van der Waals surface area contributed by atoms with Crippen molar-refractivity contribution in [2.45, 2.75) is 32.1 Å². The summed E-state index contributed by atoms with van der Waals surface area (Å²) in [7, 11) is -3.44. The molecule has 7 heteroatoms. The molecule has 1 fully saturated rings. The summed E-state index contributed by atoms with van der Waals surface area (Å²) in [5.41, 5.74) is 0.996. The van der Waals surface area contributed by atoms with E-state index >= 15 is 0 Å². The van der Waals surface area contributed by atoms with Crippen molar-refractivity contribution in [3.8, 4) is 0 Å². The average molecular weight is 360 g/mol. The molecule has 3 rings (SSSR count). The van der Waals surface area contributed by atoms with Crippen molar-refractivity contribution >= 4 is 21.7 Å². The number of aryl methyl sites for hydroxylation is 1. The number of hydrogen-bond acceptors (Lipinski definition) is 5. The second kappa shape index (κ2) is 8.29. The molecule has 0 unspecified atom stereocenters. The molecule has 1 aromatic heterocycles. The van der Waals surface area contributed by atoms with E-state index in [-0.39, 0.29) is 11.6 Å². The first-order chi connectivity index (χ1) is 12.1. The highest BCUT2D eigenvalue weighted by Gasteiger charge is 2.14. The lowest BCUT2D eigenvalue weighted by Crippen LogP contribution is -2.25. The molecule has 0 amide bonds. The summed E-state index contributed by atoms with van der Waals surface area (Å²) in [6.07, 6.45) is 5.30.